The molecule has 0 aromatic carbocycles. The first-order chi connectivity index (χ1) is 15.2. The Balaban J connectivity index is 1.27. The van der Waals surface area contributed by atoms with Gasteiger partial charge in [0.15, 0.2) is 0 Å². The minimum absolute atomic E-state index is 0.0269. The number of hydrogen-bond acceptors (Lipinski definition) is 5. The number of ether oxygens (including phenoxy) is 1. The molecule has 4 bridgehead atoms. The summed E-state index contributed by atoms with van der Waals surface area (Å²) in [5.41, 5.74) is 0.0539. The molecule has 7 aliphatic rings. The predicted octanol–water partition coefficient (Wildman–Crippen LogP) is 2.56. The molecule has 182 valence electrons. The van der Waals surface area contributed by atoms with Crippen molar-refractivity contribution in [3.63, 3.8) is 0 Å². The quantitative estimate of drug-likeness (QED) is 0.483. The highest BCUT2D eigenvalue weighted by molar-refractivity contribution is 5.44. The second-order valence-electron chi connectivity index (χ2n) is 13.6. The topological polar surface area (TPSA) is 56.2 Å². The van der Waals surface area contributed by atoms with Crippen molar-refractivity contribution in [2.45, 2.75) is 70.2 Å². The van der Waals surface area contributed by atoms with E-state index in [-0.39, 0.29) is 36.5 Å². The van der Waals surface area contributed by atoms with Gasteiger partial charge in [0.1, 0.15) is 0 Å². The molecule has 2 aliphatic heterocycles. The fourth-order valence-corrected chi connectivity index (χ4v) is 10.9. The summed E-state index contributed by atoms with van der Waals surface area (Å²) in [5, 5.41) is 20.3. The van der Waals surface area contributed by atoms with E-state index in [1.807, 2.05) is 0 Å². The highest BCUT2D eigenvalue weighted by atomic mass is 16.5. The van der Waals surface area contributed by atoms with E-state index < -0.39 is 0 Å². The Bertz CT molecular complexity index is 695. The highest BCUT2D eigenvalue weighted by Crippen LogP contribution is 2.93. The van der Waals surface area contributed by atoms with E-state index in [0.29, 0.717) is 11.8 Å². The molecule has 0 amide bonds. The summed E-state index contributed by atoms with van der Waals surface area (Å²) < 4.78 is 7.44. The van der Waals surface area contributed by atoms with Crippen LogP contribution in [0.5, 0.6) is 0 Å². The molecule has 5 saturated carbocycles. The summed E-state index contributed by atoms with van der Waals surface area (Å²) in [4.78, 5) is 4.92. The van der Waals surface area contributed by atoms with E-state index in [4.69, 9.17) is 4.74 Å². The van der Waals surface area contributed by atoms with Crippen LogP contribution in [0.3, 0.4) is 0 Å². The molecular formula is C27H46N2O3. The average molecular weight is 447 g/mol. The molecule has 0 spiro atoms. The summed E-state index contributed by atoms with van der Waals surface area (Å²) in [6.45, 7) is 11.5. The van der Waals surface area contributed by atoms with Crippen molar-refractivity contribution in [1.29, 1.82) is 0 Å². The van der Waals surface area contributed by atoms with Crippen molar-refractivity contribution in [3.8, 4) is 0 Å². The molecule has 0 radical (unpaired) electrons. The molecule has 0 aromatic rings. The third-order valence-corrected chi connectivity index (χ3v) is 11.3. The number of nitrogens with zero attached hydrogens (tertiary/aromatic N) is 2. The zero-order chi connectivity index (χ0) is 22.7. The van der Waals surface area contributed by atoms with Gasteiger partial charge in [0.05, 0.1) is 24.4 Å². The van der Waals surface area contributed by atoms with Gasteiger partial charge in [0.2, 0.25) is 0 Å². The van der Waals surface area contributed by atoms with Gasteiger partial charge in [-0.25, -0.2) is 0 Å². The first kappa shape index (κ1) is 22.3. The van der Waals surface area contributed by atoms with Crippen LogP contribution in [0.15, 0.2) is 0 Å². The third kappa shape index (κ3) is 2.48. The number of likely N-dealkylation sites (N-methyl/N-ethyl adjacent to an activating group) is 2. The van der Waals surface area contributed by atoms with Crippen LogP contribution >= 0.6 is 0 Å². The van der Waals surface area contributed by atoms with Crippen molar-refractivity contribution in [1.82, 2.24) is 9.80 Å². The first-order valence-corrected chi connectivity index (χ1v) is 13.5. The molecule has 12 atom stereocenters. The fraction of sp³-hybridized carbons (Fsp3) is 1.00. The molecule has 2 saturated heterocycles. The third-order valence-electron chi connectivity index (χ3n) is 11.3. The van der Waals surface area contributed by atoms with Crippen LogP contribution < -0.4 is 0 Å². The van der Waals surface area contributed by atoms with Crippen molar-refractivity contribution >= 4 is 0 Å². The van der Waals surface area contributed by atoms with Crippen molar-refractivity contribution in [2.75, 3.05) is 40.4 Å². The average Bonchev–Trinajstić information content (AvgIpc) is 3.35. The summed E-state index contributed by atoms with van der Waals surface area (Å²) >= 11 is 0. The summed E-state index contributed by atoms with van der Waals surface area (Å²) in [5.74, 6) is 7.82. The Hall–Kier alpha value is -0.200. The molecule has 7 fully saturated rings. The van der Waals surface area contributed by atoms with E-state index in [1.165, 1.54) is 6.42 Å². The monoisotopic (exact) mass is 446 g/mol. The molecule has 10 unspecified atom stereocenters. The van der Waals surface area contributed by atoms with Gasteiger partial charge in [-0.3, -0.25) is 9.80 Å². The summed E-state index contributed by atoms with van der Waals surface area (Å²) in [7, 11) is 4.46. The van der Waals surface area contributed by atoms with Gasteiger partial charge in [0, 0.05) is 25.2 Å². The van der Waals surface area contributed by atoms with Crippen LogP contribution in [0.1, 0.15) is 47.0 Å². The summed E-state index contributed by atoms with van der Waals surface area (Å²) in [6.07, 6.45) is 3.55. The molecular weight excluding hydrogens is 400 g/mol. The van der Waals surface area contributed by atoms with Gasteiger partial charge in [-0.2, -0.15) is 0 Å². The van der Waals surface area contributed by atoms with Crippen LogP contribution in [0, 0.1) is 59.2 Å². The maximum absolute atomic E-state index is 10.1. The SMILES string of the molecule is CC(C)C[C@@H](CO)N(C)CC12OC3(CN(C)[C@H](CO)CC(C)C)C4C5CC(C6C5C3C61)C42. The molecule has 32 heavy (non-hydrogen) atoms. The molecule has 7 rings (SSSR count). The molecule has 2 heterocycles. The van der Waals surface area contributed by atoms with E-state index in [0.717, 1.165) is 73.3 Å². The van der Waals surface area contributed by atoms with Crippen molar-refractivity contribution in [2.24, 2.45) is 59.2 Å². The standard InChI is InChI=1S/C27H46N2O3/c1-14(2)7-16(10-30)28(5)12-26-22-18-9-19-21-20(18)24(26)25(21)27(32-26,23(19)22)13-29(6)17(11-31)8-15(3)4/h14-25,30-31H,7-13H2,1-6H3/t16-,17-,18?,19?,20?,21?,22?,23?,24?,25?,26?,27?/m0/s1. The molecule has 0 aromatic heterocycles. The molecule has 5 heteroatoms. The second kappa shape index (κ2) is 7.16. The lowest BCUT2D eigenvalue weighted by Gasteiger charge is -2.49. The van der Waals surface area contributed by atoms with Crippen LogP contribution in [0.2, 0.25) is 0 Å². The highest BCUT2D eigenvalue weighted by Gasteiger charge is 2.96. The minimum Gasteiger partial charge on any atom is -0.395 e. The Morgan fingerprint density at radius 3 is 1.50 bits per heavy atom. The maximum atomic E-state index is 10.1. The first-order valence-electron chi connectivity index (χ1n) is 13.5. The largest absolute Gasteiger partial charge is 0.395 e. The normalized spacial score (nSPS) is 50.2. The van der Waals surface area contributed by atoms with Crippen LogP contribution in [0.25, 0.3) is 0 Å². The van der Waals surface area contributed by atoms with Crippen LogP contribution in [-0.4, -0.2) is 83.7 Å². The van der Waals surface area contributed by atoms with Gasteiger partial charge in [-0.05, 0) is 92.5 Å². The van der Waals surface area contributed by atoms with E-state index in [9.17, 15) is 10.2 Å². The predicted molar refractivity (Wildman–Crippen MR) is 125 cm³/mol. The van der Waals surface area contributed by atoms with E-state index >= 15 is 0 Å². The zero-order valence-electron chi connectivity index (χ0n) is 21.1. The Labute approximate surface area is 194 Å². The van der Waals surface area contributed by atoms with Crippen molar-refractivity contribution in [3.05, 3.63) is 0 Å². The van der Waals surface area contributed by atoms with Crippen LogP contribution in [-0.2, 0) is 4.74 Å². The van der Waals surface area contributed by atoms with Crippen molar-refractivity contribution < 1.29 is 14.9 Å². The molecule has 5 aliphatic carbocycles. The summed E-state index contributed by atoms with van der Waals surface area (Å²) in [6, 6.07) is 0.466. The zero-order valence-corrected chi connectivity index (χ0v) is 21.1. The number of rotatable bonds is 12. The van der Waals surface area contributed by atoms with Gasteiger partial charge >= 0.3 is 0 Å². The minimum atomic E-state index is 0.0269. The lowest BCUT2D eigenvalue weighted by atomic mass is 9.54. The van der Waals surface area contributed by atoms with Gasteiger partial charge in [-0.15, -0.1) is 0 Å². The lowest BCUT2D eigenvalue weighted by Crippen LogP contribution is -2.58. The Morgan fingerprint density at radius 2 is 1.16 bits per heavy atom. The molecule has 5 nitrogen and oxygen atoms in total. The van der Waals surface area contributed by atoms with Gasteiger partial charge in [0.25, 0.3) is 0 Å². The lowest BCUT2D eigenvalue weighted by molar-refractivity contribution is -0.102. The number of aliphatic hydroxyl groups excluding tert-OH is 2. The van der Waals surface area contributed by atoms with Gasteiger partial charge in [-0.1, -0.05) is 27.7 Å². The smallest absolute Gasteiger partial charge is 0.0886 e. The number of aliphatic hydroxyl groups is 2. The van der Waals surface area contributed by atoms with E-state index in [1.54, 1.807) is 0 Å². The maximum Gasteiger partial charge on any atom is 0.0886 e. The second-order valence-corrected chi connectivity index (χ2v) is 13.6. The Morgan fingerprint density at radius 1 is 0.750 bits per heavy atom. The van der Waals surface area contributed by atoms with Gasteiger partial charge < -0.3 is 14.9 Å². The molecule has 2 N–H and O–H groups in total. The number of hydrogen-bond donors (Lipinski definition) is 2. The van der Waals surface area contributed by atoms with E-state index in [2.05, 4.69) is 51.6 Å². The fourth-order valence-electron chi connectivity index (χ4n) is 10.9. The Kier molecular flexibility index (Phi) is 4.99. The van der Waals surface area contributed by atoms with Crippen LogP contribution in [0.4, 0.5) is 0 Å².